The van der Waals surface area contributed by atoms with Crippen LogP contribution in [0.15, 0.2) is 59.5 Å². The number of hydrogen-bond acceptors (Lipinski definition) is 5. The molecule has 1 saturated heterocycles. The Morgan fingerprint density at radius 3 is 2.37 bits per heavy atom. The second-order valence-corrected chi connectivity index (χ2v) is 10.1. The van der Waals surface area contributed by atoms with Gasteiger partial charge in [-0.1, -0.05) is 48.0 Å². The third-order valence-corrected chi connectivity index (χ3v) is 8.18. The van der Waals surface area contributed by atoms with Gasteiger partial charge in [-0.2, -0.15) is 0 Å². The van der Waals surface area contributed by atoms with Gasteiger partial charge in [0.05, 0.1) is 10.9 Å². The minimum Gasteiger partial charge on any atom is -0.311 e. The highest BCUT2D eigenvalue weighted by Crippen LogP contribution is 2.55. The first-order valence-electron chi connectivity index (χ1n) is 8.70. The molecule has 6 nitrogen and oxygen atoms in total. The van der Waals surface area contributed by atoms with Crippen LogP contribution in [0.1, 0.15) is 11.1 Å². The summed E-state index contributed by atoms with van der Waals surface area (Å²) < 4.78 is 39.3. The van der Waals surface area contributed by atoms with Gasteiger partial charge in [-0.05, 0) is 24.6 Å². The van der Waals surface area contributed by atoms with E-state index in [4.69, 9.17) is 9.05 Å². The highest BCUT2D eigenvalue weighted by atomic mass is 32.2. The van der Waals surface area contributed by atoms with E-state index in [1.165, 1.54) is 19.8 Å². The molecule has 1 heterocycles. The fourth-order valence-corrected chi connectivity index (χ4v) is 5.99. The Labute approximate surface area is 163 Å². The van der Waals surface area contributed by atoms with Crippen molar-refractivity contribution in [1.29, 1.82) is 0 Å². The second-order valence-electron chi connectivity index (χ2n) is 6.53. The van der Waals surface area contributed by atoms with E-state index in [1.54, 1.807) is 12.1 Å². The van der Waals surface area contributed by atoms with Crippen molar-refractivity contribution in [2.45, 2.75) is 30.2 Å². The lowest BCUT2D eigenvalue weighted by atomic mass is 10.2. The van der Waals surface area contributed by atoms with Gasteiger partial charge in [-0.3, -0.25) is 9.46 Å². The fraction of sp³-hybridized carbons (Fsp3) is 0.368. The summed E-state index contributed by atoms with van der Waals surface area (Å²) in [6.45, 7) is 3.43. The number of nitrogens with one attached hydrogen (secondary N) is 1. The number of aryl methyl sites for hydroxylation is 1. The van der Waals surface area contributed by atoms with Gasteiger partial charge in [0.1, 0.15) is 16.8 Å². The lowest BCUT2D eigenvalue weighted by molar-refractivity contribution is 0.259. The highest BCUT2D eigenvalue weighted by Gasteiger charge is 2.51. The molecule has 3 rings (SSSR count). The minimum atomic E-state index is -3.46. The van der Waals surface area contributed by atoms with Crippen molar-refractivity contribution < 1.29 is 17.8 Å². The summed E-state index contributed by atoms with van der Waals surface area (Å²) in [6, 6.07) is 17.4. The first-order chi connectivity index (χ1) is 13.0. The van der Waals surface area contributed by atoms with Crippen molar-refractivity contribution in [2.75, 3.05) is 20.8 Å². The molecule has 0 aromatic heterocycles. The van der Waals surface area contributed by atoms with Gasteiger partial charge in [0.15, 0.2) is 0 Å². The van der Waals surface area contributed by atoms with E-state index in [0.29, 0.717) is 4.90 Å². The summed E-state index contributed by atoms with van der Waals surface area (Å²) in [7, 11) is -2.26. The predicted molar refractivity (Wildman–Crippen MR) is 107 cm³/mol. The molecule has 0 radical (unpaired) electrons. The minimum absolute atomic E-state index is 0.0784. The zero-order valence-electron chi connectivity index (χ0n) is 15.7. The maximum absolute atomic E-state index is 13.1. The van der Waals surface area contributed by atoms with E-state index >= 15 is 0 Å². The van der Waals surface area contributed by atoms with Gasteiger partial charge < -0.3 is 9.05 Å². The van der Waals surface area contributed by atoms with Crippen LogP contribution in [0.5, 0.6) is 0 Å². The molecule has 4 atom stereocenters. The molecular weight excluding hydrogens is 383 g/mol. The van der Waals surface area contributed by atoms with E-state index in [1.807, 2.05) is 37.3 Å². The third-order valence-electron chi connectivity index (χ3n) is 4.66. The van der Waals surface area contributed by atoms with E-state index in [2.05, 4.69) is 21.8 Å². The summed E-state index contributed by atoms with van der Waals surface area (Å²) in [4.78, 5) is 2.78. The van der Waals surface area contributed by atoms with Crippen LogP contribution >= 0.6 is 7.60 Å². The molecule has 1 N–H and O–H groups in total. The zero-order valence-corrected chi connectivity index (χ0v) is 17.4. The molecule has 0 amide bonds. The molecule has 0 saturated carbocycles. The molecule has 8 heteroatoms. The zero-order chi connectivity index (χ0) is 19.4. The van der Waals surface area contributed by atoms with Crippen LogP contribution in [0.25, 0.3) is 0 Å². The van der Waals surface area contributed by atoms with E-state index in [9.17, 15) is 8.77 Å². The Kier molecular flexibility index (Phi) is 6.63. The monoisotopic (exact) mass is 408 g/mol. The van der Waals surface area contributed by atoms with Crippen molar-refractivity contribution in [3.63, 3.8) is 0 Å². The maximum Gasteiger partial charge on any atom is 0.349 e. The van der Waals surface area contributed by atoms with Crippen LogP contribution in [-0.4, -0.2) is 41.7 Å². The lowest BCUT2D eigenvalue weighted by Gasteiger charge is -2.25. The van der Waals surface area contributed by atoms with Crippen LogP contribution in [0.3, 0.4) is 0 Å². The molecule has 1 aliphatic rings. The molecule has 0 aliphatic carbocycles. The van der Waals surface area contributed by atoms with Gasteiger partial charge in [-0.15, -0.1) is 0 Å². The molecule has 27 heavy (non-hydrogen) atoms. The molecule has 146 valence electrons. The standard InChI is InChI=1S/C19H25N2O4PS/c1-15-9-11-17(12-10-15)27(23)20-19(26(22,24-2)25-3)18-14-21(18)13-16-7-5-4-6-8-16/h4-12,18-20H,13-14H2,1-3H3/t18-,19-,21?,27+/m1/s1. The molecule has 1 aliphatic heterocycles. The molecule has 2 aromatic carbocycles. The topological polar surface area (TPSA) is 67.6 Å². The van der Waals surface area contributed by atoms with Crippen LogP contribution in [0, 0.1) is 6.92 Å². The smallest absolute Gasteiger partial charge is 0.311 e. The average Bonchev–Trinajstić information content (AvgIpc) is 3.45. The number of hydrogen-bond donors (Lipinski definition) is 1. The largest absolute Gasteiger partial charge is 0.349 e. The van der Waals surface area contributed by atoms with Crippen molar-refractivity contribution in [2.24, 2.45) is 0 Å². The Bertz CT molecular complexity index is 823. The van der Waals surface area contributed by atoms with Crippen molar-refractivity contribution in [3.05, 3.63) is 65.7 Å². The van der Waals surface area contributed by atoms with Gasteiger partial charge in [0, 0.05) is 27.3 Å². The van der Waals surface area contributed by atoms with Gasteiger partial charge in [0.25, 0.3) is 0 Å². The van der Waals surface area contributed by atoms with Gasteiger partial charge in [0.2, 0.25) is 0 Å². The summed E-state index contributed by atoms with van der Waals surface area (Å²) in [6.07, 6.45) is 0. The van der Waals surface area contributed by atoms with Crippen LogP contribution in [0.2, 0.25) is 0 Å². The molecular formula is C19H25N2O4PS. The van der Waals surface area contributed by atoms with Crippen LogP contribution < -0.4 is 4.72 Å². The molecule has 2 aromatic rings. The number of rotatable bonds is 9. The maximum atomic E-state index is 13.1. The van der Waals surface area contributed by atoms with Crippen LogP contribution in [-0.2, 0) is 31.1 Å². The van der Waals surface area contributed by atoms with Crippen molar-refractivity contribution in [3.8, 4) is 0 Å². The molecule has 0 spiro atoms. The normalized spacial score (nSPS) is 21.6. The summed E-state index contributed by atoms with van der Waals surface area (Å²) in [5, 5.41) is 0. The highest BCUT2D eigenvalue weighted by molar-refractivity contribution is 7.83. The van der Waals surface area contributed by atoms with E-state index < -0.39 is 24.4 Å². The van der Waals surface area contributed by atoms with Crippen molar-refractivity contribution in [1.82, 2.24) is 9.62 Å². The van der Waals surface area contributed by atoms with E-state index in [0.717, 1.165) is 18.7 Å². The Hall–Kier alpha value is -1.34. The third kappa shape index (κ3) is 4.93. The summed E-state index contributed by atoms with van der Waals surface area (Å²) in [5.74, 6) is -0.682. The summed E-state index contributed by atoms with van der Waals surface area (Å²) >= 11 is 0. The first-order valence-corrected chi connectivity index (χ1v) is 11.5. The number of nitrogens with zero attached hydrogens (tertiary/aromatic N) is 1. The average molecular weight is 408 g/mol. The predicted octanol–water partition coefficient (Wildman–Crippen LogP) is 3.30. The molecule has 0 bridgehead atoms. The summed E-state index contributed by atoms with van der Waals surface area (Å²) in [5.41, 5.74) is 2.26. The quantitative estimate of drug-likeness (QED) is 0.509. The van der Waals surface area contributed by atoms with Crippen molar-refractivity contribution >= 4 is 18.6 Å². The van der Waals surface area contributed by atoms with Crippen LogP contribution in [0.4, 0.5) is 0 Å². The first kappa shape index (κ1) is 20.4. The second kappa shape index (κ2) is 8.78. The molecule has 1 unspecified atom stereocenters. The lowest BCUT2D eigenvalue weighted by Crippen LogP contribution is -2.37. The molecule has 1 fully saturated rings. The SMILES string of the molecule is COP(=O)(OC)[C@@H](N[S@@](=O)c1ccc(C)cc1)[C@H]1CN1Cc1ccccc1. The number of benzene rings is 2. The Morgan fingerprint density at radius 2 is 1.78 bits per heavy atom. The Balaban J connectivity index is 1.75. The van der Waals surface area contributed by atoms with Gasteiger partial charge >= 0.3 is 7.60 Å². The Morgan fingerprint density at radius 1 is 1.15 bits per heavy atom. The van der Waals surface area contributed by atoms with E-state index in [-0.39, 0.29) is 6.04 Å². The van der Waals surface area contributed by atoms with Gasteiger partial charge in [-0.25, -0.2) is 8.93 Å². The fourth-order valence-electron chi connectivity index (χ4n) is 2.99.